The van der Waals surface area contributed by atoms with Gasteiger partial charge in [0.25, 0.3) is 5.91 Å². The summed E-state index contributed by atoms with van der Waals surface area (Å²) in [4.78, 5) is 24.0. The fourth-order valence-corrected chi connectivity index (χ4v) is 4.88. The van der Waals surface area contributed by atoms with Crippen LogP contribution >= 0.6 is 11.3 Å². The van der Waals surface area contributed by atoms with Gasteiger partial charge >= 0.3 is 5.97 Å². The van der Waals surface area contributed by atoms with Gasteiger partial charge in [0.2, 0.25) is 10.0 Å². The molecular formula is C12H16N2O5S2. The van der Waals surface area contributed by atoms with E-state index in [2.05, 4.69) is 0 Å². The maximum Gasteiger partial charge on any atom is 0.323 e. The standard InChI is InChI=1S/C12H16N2O5S2/c1-13(7-11(15)16)12(17)10-6-9(8-20-10)21(18,19)14-4-2-3-5-14/h6,8H,2-5,7H2,1H3,(H,15,16). The lowest BCUT2D eigenvalue weighted by Gasteiger charge is -2.14. The Labute approximate surface area is 126 Å². The molecule has 1 aliphatic rings. The molecule has 0 saturated carbocycles. The maximum atomic E-state index is 12.3. The number of aliphatic carboxylic acids is 1. The first-order valence-corrected chi connectivity index (χ1v) is 8.70. The van der Waals surface area contributed by atoms with Crippen LogP contribution in [0.4, 0.5) is 0 Å². The molecule has 0 unspecified atom stereocenters. The van der Waals surface area contributed by atoms with Crippen LogP contribution in [0.2, 0.25) is 0 Å². The fraction of sp³-hybridized carbons (Fsp3) is 0.500. The average molecular weight is 332 g/mol. The second kappa shape index (κ2) is 6.12. The molecule has 21 heavy (non-hydrogen) atoms. The van der Waals surface area contributed by atoms with Crippen LogP contribution in [0.15, 0.2) is 16.3 Å². The Kier molecular flexibility index (Phi) is 4.64. The highest BCUT2D eigenvalue weighted by Crippen LogP contribution is 2.26. The van der Waals surface area contributed by atoms with Crippen LogP contribution in [0.25, 0.3) is 0 Å². The number of carbonyl (C=O) groups is 2. The lowest BCUT2D eigenvalue weighted by atomic mass is 10.4. The Morgan fingerprint density at radius 1 is 1.38 bits per heavy atom. The Bertz CT molecular complexity index is 646. The molecule has 7 nitrogen and oxygen atoms in total. The monoisotopic (exact) mass is 332 g/mol. The van der Waals surface area contributed by atoms with Crippen molar-refractivity contribution >= 4 is 33.2 Å². The van der Waals surface area contributed by atoms with Gasteiger partial charge in [0.15, 0.2) is 0 Å². The van der Waals surface area contributed by atoms with Gasteiger partial charge in [-0.05, 0) is 18.9 Å². The lowest BCUT2D eigenvalue weighted by Crippen LogP contribution is -2.31. The zero-order valence-corrected chi connectivity index (χ0v) is 13.1. The van der Waals surface area contributed by atoms with Gasteiger partial charge in [0, 0.05) is 25.5 Å². The molecule has 1 amide bonds. The van der Waals surface area contributed by atoms with Crippen molar-refractivity contribution < 1.29 is 23.1 Å². The van der Waals surface area contributed by atoms with E-state index in [1.165, 1.54) is 22.8 Å². The number of carboxylic acids is 1. The molecule has 2 heterocycles. The van der Waals surface area contributed by atoms with Gasteiger partial charge in [-0.25, -0.2) is 8.42 Å². The van der Waals surface area contributed by atoms with Crippen LogP contribution in [-0.4, -0.2) is 61.3 Å². The fourth-order valence-electron chi connectivity index (χ4n) is 2.11. The van der Waals surface area contributed by atoms with Crippen LogP contribution in [-0.2, 0) is 14.8 Å². The van der Waals surface area contributed by atoms with Crippen molar-refractivity contribution in [3.05, 3.63) is 16.3 Å². The Balaban J connectivity index is 2.17. The highest BCUT2D eigenvalue weighted by Gasteiger charge is 2.29. The third-order valence-electron chi connectivity index (χ3n) is 3.21. The van der Waals surface area contributed by atoms with Gasteiger partial charge in [-0.3, -0.25) is 9.59 Å². The van der Waals surface area contributed by atoms with E-state index >= 15 is 0 Å². The summed E-state index contributed by atoms with van der Waals surface area (Å²) in [6.45, 7) is 0.575. The van der Waals surface area contributed by atoms with Crippen molar-refractivity contribution in [1.82, 2.24) is 9.21 Å². The Morgan fingerprint density at radius 2 is 2.00 bits per heavy atom. The molecule has 0 bridgehead atoms. The topological polar surface area (TPSA) is 95.0 Å². The quantitative estimate of drug-likeness (QED) is 0.856. The summed E-state index contributed by atoms with van der Waals surface area (Å²) < 4.78 is 26.1. The van der Waals surface area contributed by atoms with E-state index in [9.17, 15) is 18.0 Å². The minimum atomic E-state index is -3.54. The van der Waals surface area contributed by atoms with Gasteiger partial charge in [-0.2, -0.15) is 4.31 Å². The molecule has 1 aromatic heterocycles. The van der Waals surface area contributed by atoms with Gasteiger partial charge < -0.3 is 10.0 Å². The van der Waals surface area contributed by atoms with Gasteiger partial charge in [0.05, 0.1) is 9.77 Å². The van der Waals surface area contributed by atoms with Crippen molar-refractivity contribution in [2.24, 2.45) is 0 Å². The molecule has 0 atom stereocenters. The summed E-state index contributed by atoms with van der Waals surface area (Å²) in [5, 5.41) is 10.1. The number of carbonyl (C=O) groups excluding carboxylic acids is 1. The van der Waals surface area contributed by atoms with Crippen molar-refractivity contribution in [2.75, 3.05) is 26.7 Å². The number of amides is 1. The molecule has 9 heteroatoms. The smallest absolute Gasteiger partial charge is 0.323 e. The third-order valence-corrected chi connectivity index (χ3v) is 6.15. The molecule has 1 fully saturated rings. The number of rotatable bonds is 5. The summed E-state index contributed by atoms with van der Waals surface area (Å²) in [6, 6.07) is 1.32. The third kappa shape index (κ3) is 3.42. The molecule has 0 aromatic carbocycles. The maximum absolute atomic E-state index is 12.3. The second-order valence-electron chi connectivity index (χ2n) is 4.81. The van der Waals surface area contributed by atoms with Crippen LogP contribution in [0.3, 0.4) is 0 Å². The number of carboxylic acid groups (broad SMARTS) is 1. The first-order chi connectivity index (χ1) is 9.82. The molecule has 1 saturated heterocycles. The first kappa shape index (κ1) is 15.9. The lowest BCUT2D eigenvalue weighted by molar-refractivity contribution is -0.137. The van der Waals surface area contributed by atoms with Crippen molar-refractivity contribution in [2.45, 2.75) is 17.7 Å². The van der Waals surface area contributed by atoms with E-state index in [0.29, 0.717) is 13.1 Å². The van der Waals surface area contributed by atoms with E-state index in [1.807, 2.05) is 0 Å². The molecule has 1 aliphatic heterocycles. The summed E-state index contributed by atoms with van der Waals surface area (Å²) in [5.41, 5.74) is 0. The van der Waals surface area contributed by atoms with Gasteiger partial charge in [-0.1, -0.05) is 0 Å². The summed E-state index contributed by atoms with van der Waals surface area (Å²) in [7, 11) is -2.18. The minimum Gasteiger partial charge on any atom is -0.480 e. The molecule has 1 aromatic rings. The predicted molar refractivity (Wildman–Crippen MR) is 76.9 cm³/mol. The van der Waals surface area contributed by atoms with Crippen LogP contribution < -0.4 is 0 Å². The zero-order chi connectivity index (χ0) is 15.6. The first-order valence-electron chi connectivity index (χ1n) is 6.38. The minimum absolute atomic E-state index is 0.0986. The summed E-state index contributed by atoms with van der Waals surface area (Å²) >= 11 is 1.01. The molecule has 116 valence electrons. The van der Waals surface area contributed by atoms with Crippen LogP contribution in [0.1, 0.15) is 22.5 Å². The number of nitrogens with zero attached hydrogens (tertiary/aromatic N) is 2. The number of likely N-dealkylation sites (N-methyl/N-ethyl adjacent to an activating group) is 1. The predicted octanol–water partition coefficient (Wildman–Crippen LogP) is 0.689. The molecular weight excluding hydrogens is 316 g/mol. The number of hydrogen-bond donors (Lipinski definition) is 1. The van der Waals surface area contributed by atoms with Crippen LogP contribution in [0, 0.1) is 0 Å². The van der Waals surface area contributed by atoms with E-state index in [0.717, 1.165) is 29.1 Å². The molecule has 0 aliphatic carbocycles. The van der Waals surface area contributed by atoms with Gasteiger partial charge in [-0.15, -0.1) is 11.3 Å². The van der Waals surface area contributed by atoms with Crippen molar-refractivity contribution in [1.29, 1.82) is 0 Å². The van der Waals surface area contributed by atoms with Crippen LogP contribution in [0.5, 0.6) is 0 Å². The zero-order valence-electron chi connectivity index (χ0n) is 11.5. The van der Waals surface area contributed by atoms with E-state index in [-0.39, 0.29) is 9.77 Å². The van der Waals surface area contributed by atoms with E-state index in [1.54, 1.807) is 0 Å². The summed E-state index contributed by atoms with van der Waals surface area (Å²) in [5.74, 6) is -1.61. The largest absolute Gasteiger partial charge is 0.480 e. The molecule has 0 radical (unpaired) electrons. The highest BCUT2D eigenvalue weighted by molar-refractivity contribution is 7.89. The van der Waals surface area contributed by atoms with Crippen molar-refractivity contribution in [3.8, 4) is 0 Å². The van der Waals surface area contributed by atoms with Gasteiger partial charge in [0.1, 0.15) is 6.54 Å². The molecule has 2 rings (SSSR count). The van der Waals surface area contributed by atoms with E-state index in [4.69, 9.17) is 5.11 Å². The molecule has 1 N–H and O–H groups in total. The Hall–Kier alpha value is -1.45. The average Bonchev–Trinajstić information content (AvgIpc) is 3.08. The summed E-state index contributed by atoms with van der Waals surface area (Å²) in [6.07, 6.45) is 1.69. The highest BCUT2D eigenvalue weighted by atomic mass is 32.2. The SMILES string of the molecule is CN(CC(=O)O)C(=O)c1cc(S(=O)(=O)N2CCCC2)cs1. The van der Waals surface area contributed by atoms with Crippen molar-refractivity contribution in [3.63, 3.8) is 0 Å². The number of sulfonamides is 1. The number of thiophene rings is 1. The number of hydrogen-bond acceptors (Lipinski definition) is 5. The normalized spacial score (nSPS) is 16.0. The second-order valence-corrected chi connectivity index (χ2v) is 7.66. The molecule has 0 spiro atoms. The van der Waals surface area contributed by atoms with E-state index < -0.39 is 28.4 Å². The Morgan fingerprint density at radius 3 is 2.57 bits per heavy atom.